The normalized spacial score (nSPS) is 9.61. The van der Waals surface area contributed by atoms with Crippen molar-refractivity contribution in [2.24, 2.45) is 0 Å². The summed E-state index contributed by atoms with van der Waals surface area (Å²) < 4.78 is 2.90. The molecule has 0 heterocycles. The van der Waals surface area contributed by atoms with Crippen LogP contribution in [0.4, 0.5) is 0 Å². The molecule has 0 fully saturated rings. The molecule has 4 heteroatoms. The second kappa shape index (κ2) is 7.95. The molecule has 0 aliphatic carbocycles. The highest BCUT2D eigenvalue weighted by molar-refractivity contribution is 8.93. The highest BCUT2D eigenvalue weighted by atomic mass is 79.9. The van der Waals surface area contributed by atoms with E-state index in [-0.39, 0.29) is 22.2 Å². The van der Waals surface area contributed by atoms with Gasteiger partial charge in [-0.1, -0.05) is 60.7 Å². The van der Waals surface area contributed by atoms with Gasteiger partial charge in [0.25, 0.3) is 0 Å². The number of benzene rings is 2. The van der Waals surface area contributed by atoms with Crippen LogP contribution in [0.25, 0.3) is 0 Å². The van der Waals surface area contributed by atoms with Gasteiger partial charge in [0, 0.05) is 0 Å². The van der Waals surface area contributed by atoms with E-state index in [1.54, 1.807) is 0 Å². The zero-order chi connectivity index (χ0) is 11.9. The van der Waals surface area contributed by atoms with Gasteiger partial charge in [-0.25, -0.2) is 0 Å². The third-order valence-corrected chi connectivity index (χ3v) is 3.48. The molecule has 0 unspecified atom stereocenters. The van der Waals surface area contributed by atoms with Gasteiger partial charge in [0.05, 0.1) is 11.6 Å². The third-order valence-electron chi connectivity index (χ3n) is 2.45. The first-order valence-corrected chi connectivity index (χ1v) is 6.30. The Labute approximate surface area is 122 Å². The zero-order valence-electron chi connectivity index (χ0n) is 9.74. The molecule has 2 rings (SSSR count). The minimum Gasteiger partial charge on any atom is -0.320 e. The quantitative estimate of drug-likeness (QED) is 0.491. The molecule has 0 radical (unpaired) electrons. The lowest BCUT2D eigenvalue weighted by Gasteiger charge is -2.16. The lowest BCUT2D eigenvalue weighted by atomic mass is 10.0. The van der Waals surface area contributed by atoms with Gasteiger partial charge in [-0.2, -0.15) is 0 Å². The summed E-state index contributed by atoms with van der Waals surface area (Å²) in [6.07, 6.45) is 1.21. The van der Waals surface area contributed by atoms with Gasteiger partial charge < -0.3 is 4.72 Å². The molecular formula is C14H15BrN2S. The first-order valence-electron chi connectivity index (χ1n) is 5.42. The van der Waals surface area contributed by atoms with Crippen LogP contribution in [-0.4, -0.2) is 6.34 Å². The van der Waals surface area contributed by atoms with Crippen molar-refractivity contribution in [1.29, 1.82) is 5.41 Å². The second-order valence-electron chi connectivity index (χ2n) is 3.58. The smallest absolute Gasteiger partial charge is 0.0890 e. The van der Waals surface area contributed by atoms with Crippen LogP contribution < -0.4 is 4.72 Å². The third kappa shape index (κ3) is 3.89. The van der Waals surface area contributed by atoms with Gasteiger partial charge in [-0.15, -0.1) is 17.0 Å². The summed E-state index contributed by atoms with van der Waals surface area (Å²) in [5.74, 6) is 0. The molecular weight excluding hydrogens is 308 g/mol. The van der Waals surface area contributed by atoms with E-state index in [0.717, 1.165) is 0 Å². The largest absolute Gasteiger partial charge is 0.320 e. The Hall–Kier alpha value is -1.26. The summed E-state index contributed by atoms with van der Waals surface area (Å²) in [4.78, 5) is 0. The first kappa shape index (κ1) is 14.8. The summed E-state index contributed by atoms with van der Waals surface area (Å²) in [6, 6.07) is 20.6. The second-order valence-corrected chi connectivity index (χ2v) is 4.52. The van der Waals surface area contributed by atoms with Crippen molar-refractivity contribution < 1.29 is 0 Å². The molecule has 18 heavy (non-hydrogen) atoms. The molecule has 0 spiro atoms. The summed E-state index contributed by atoms with van der Waals surface area (Å²) in [6.45, 7) is 0. The van der Waals surface area contributed by atoms with Crippen molar-refractivity contribution in [3.63, 3.8) is 0 Å². The Morgan fingerprint density at radius 1 is 0.889 bits per heavy atom. The molecule has 0 aliphatic heterocycles. The summed E-state index contributed by atoms with van der Waals surface area (Å²) in [5, 5.41) is 7.27. The van der Waals surface area contributed by atoms with Crippen molar-refractivity contribution in [1.82, 2.24) is 4.72 Å². The minimum absolute atomic E-state index is 0. The van der Waals surface area contributed by atoms with E-state index in [2.05, 4.69) is 29.0 Å². The summed E-state index contributed by atoms with van der Waals surface area (Å²) >= 11 is 1.53. The Morgan fingerprint density at radius 3 is 1.72 bits per heavy atom. The average Bonchev–Trinajstić information content (AvgIpc) is 2.42. The van der Waals surface area contributed by atoms with Crippen LogP contribution in [0, 0.1) is 5.41 Å². The molecule has 0 amide bonds. The molecule has 0 saturated heterocycles. The van der Waals surface area contributed by atoms with E-state index in [9.17, 15) is 0 Å². The van der Waals surface area contributed by atoms with E-state index in [1.807, 2.05) is 36.4 Å². The fraction of sp³-hybridized carbons (Fsp3) is 0.0714. The van der Waals surface area contributed by atoms with Gasteiger partial charge in [-0.05, 0) is 23.1 Å². The first-order chi connectivity index (χ1) is 8.42. The number of hydrogen-bond donors (Lipinski definition) is 2. The molecule has 0 atom stereocenters. The molecule has 2 aromatic carbocycles. The van der Waals surface area contributed by atoms with Crippen LogP contribution in [0.3, 0.4) is 0 Å². The molecule has 2 nitrogen and oxygen atoms in total. The molecule has 0 bridgehead atoms. The summed E-state index contributed by atoms with van der Waals surface area (Å²) in [7, 11) is 0. The lowest BCUT2D eigenvalue weighted by molar-refractivity contribution is 1.15. The maximum Gasteiger partial charge on any atom is 0.0890 e. The maximum absolute atomic E-state index is 7.06. The van der Waals surface area contributed by atoms with E-state index in [0.29, 0.717) is 0 Å². The SMILES string of the molecule is Br.N=CNSC(c1ccccc1)c1ccccc1. The van der Waals surface area contributed by atoms with Crippen LogP contribution in [0.15, 0.2) is 60.7 Å². The van der Waals surface area contributed by atoms with Crippen LogP contribution in [0.2, 0.25) is 0 Å². The molecule has 0 saturated carbocycles. The van der Waals surface area contributed by atoms with Crippen LogP contribution in [0.1, 0.15) is 16.4 Å². The van der Waals surface area contributed by atoms with Crippen molar-refractivity contribution in [2.45, 2.75) is 5.25 Å². The predicted octanol–water partition coefficient (Wildman–Crippen LogP) is 4.20. The minimum atomic E-state index is 0. The Balaban J connectivity index is 0.00000162. The van der Waals surface area contributed by atoms with Crippen molar-refractivity contribution >= 4 is 35.3 Å². The van der Waals surface area contributed by atoms with E-state index in [4.69, 9.17) is 5.41 Å². The molecule has 0 aromatic heterocycles. The molecule has 2 aromatic rings. The number of nitrogens with one attached hydrogen (secondary N) is 2. The average molecular weight is 323 g/mol. The van der Waals surface area contributed by atoms with E-state index in [1.165, 1.54) is 29.4 Å². The maximum atomic E-state index is 7.06. The van der Waals surface area contributed by atoms with Gasteiger partial charge in [0.1, 0.15) is 0 Å². The highest BCUT2D eigenvalue weighted by Gasteiger charge is 2.13. The molecule has 2 N–H and O–H groups in total. The monoisotopic (exact) mass is 322 g/mol. The number of halogens is 1. The Bertz CT molecular complexity index is 422. The van der Waals surface area contributed by atoms with Crippen LogP contribution in [0.5, 0.6) is 0 Å². The topological polar surface area (TPSA) is 35.9 Å². The predicted molar refractivity (Wildman–Crippen MR) is 84.6 cm³/mol. The van der Waals surface area contributed by atoms with Crippen molar-refractivity contribution in [3.05, 3.63) is 71.8 Å². The van der Waals surface area contributed by atoms with Gasteiger partial charge >= 0.3 is 0 Å². The van der Waals surface area contributed by atoms with Gasteiger partial charge in [-0.3, -0.25) is 5.41 Å². The van der Waals surface area contributed by atoms with Gasteiger partial charge in [0.15, 0.2) is 0 Å². The van der Waals surface area contributed by atoms with Crippen molar-refractivity contribution in [2.75, 3.05) is 0 Å². The Kier molecular flexibility index (Phi) is 6.54. The molecule has 94 valence electrons. The fourth-order valence-electron chi connectivity index (χ4n) is 1.69. The zero-order valence-corrected chi connectivity index (χ0v) is 12.3. The summed E-state index contributed by atoms with van der Waals surface area (Å²) in [5.41, 5.74) is 2.47. The fourth-order valence-corrected chi connectivity index (χ4v) is 2.48. The van der Waals surface area contributed by atoms with Crippen molar-refractivity contribution in [3.8, 4) is 0 Å². The van der Waals surface area contributed by atoms with Crippen LogP contribution >= 0.6 is 28.9 Å². The highest BCUT2D eigenvalue weighted by Crippen LogP contribution is 2.32. The standard InChI is InChI=1S/C14H14N2S.BrH/c15-11-16-17-14(12-7-3-1-4-8-12)13-9-5-2-6-10-13;/h1-11,14H,(H2,15,16);1H. The van der Waals surface area contributed by atoms with Crippen LogP contribution in [-0.2, 0) is 0 Å². The number of rotatable bonds is 5. The lowest BCUT2D eigenvalue weighted by Crippen LogP contribution is -2.05. The molecule has 0 aliphatic rings. The van der Waals surface area contributed by atoms with E-state index >= 15 is 0 Å². The van der Waals surface area contributed by atoms with E-state index < -0.39 is 0 Å². The Morgan fingerprint density at radius 2 is 1.33 bits per heavy atom. The number of hydrogen-bond acceptors (Lipinski definition) is 2. The van der Waals surface area contributed by atoms with Gasteiger partial charge in [0.2, 0.25) is 0 Å².